The first-order chi connectivity index (χ1) is 12.7. The number of nitro groups is 1. The first-order valence-corrected chi connectivity index (χ1v) is 9.75. The molecule has 0 aliphatic heterocycles. The minimum absolute atomic E-state index is 0.0350. The summed E-state index contributed by atoms with van der Waals surface area (Å²) < 4.78 is 23.9. The second-order valence-corrected chi connectivity index (χ2v) is 8.10. The van der Waals surface area contributed by atoms with Gasteiger partial charge in [-0.1, -0.05) is 11.6 Å². The Bertz CT molecular complexity index is 1210. The molecular weight excluding hydrogens is 394 g/mol. The molecule has 0 saturated carbocycles. The van der Waals surface area contributed by atoms with Gasteiger partial charge in [-0.25, -0.2) is 8.42 Å². The number of nitrogens with zero attached hydrogens (tertiary/aromatic N) is 3. The molecule has 8 nitrogen and oxygen atoms in total. The molecule has 0 amide bonds. The van der Waals surface area contributed by atoms with Gasteiger partial charge >= 0.3 is 0 Å². The van der Waals surface area contributed by atoms with Gasteiger partial charge in [-0.15, -0.1) is 10.2 Å². The zero-order chi connectivity index (χ0) is 19.8. The van der Waals surface area contributed by atoms with Gasteiger partial charge in [-0.2, -0.15) is 0 Å². The number of benzene rings is 3. The average Bonchev–Trinajstić information content (AvgIpc) is 2.60. The summed E-state index contributed by atoms with van der Waals surface area (Å²) in [6.45, 7) is 0. The number of fused-ring (bicyclic) bond motifs is 1. The Labute approximate surface area is 158 Å². The fourth-order valence-corrected chi connectivity index (χ4v) is 3.48. The summed E-state index contributed by atoms with van der Waals surface area (Å²) in [7, 11) is -3.77. The zero-order valence-electron chi connectivity index (χ0n) is 13.8. The molecule has 0 heterocycles. The van der Waals surface area contributed by atoms with Crippen LogP contribution in [0.2, 0.25) is 5.02 Å². The van der Waals surface area contributed by atoms with Crippen LogP contribution in [0.5, 0.6) is 5.75 Å². The van der Waals surface area contributed by atoms with E-state index in [9.17, 15) is 23.6 Å². The monoisotopic (exact) mass is 405 g/mol. The maximum atomic E-state index is 12.0. The van der Waals surface area contributed by atoms with Crippen LogP contribution in [0.3, 0.4) is 0 Å². The van der Waals surface area contributed by atoms with E-state index in [0.717, 1.165) is 18.4 Å². The Morgan fingerprint density at radius 1 is 1.00 bits per heavy atom. The van der Waals surface area contributed by atoms with Crippen molar-refractivity contribution in [1.82, 2.24) is 0 Å². The van der Waals surface area contributed by atoms with E-state index in [2.05, 4.69) is 10.2 Å². The van der Waals surface area contributed by atoms with Crippen molar-refractivity contribution in [2.24, 2.45) is 10.2 Å². The number of nitro benzene ring substituents is 1. The molecule has 3 aromatic carbocycles. The molecule has 0 spiro atoms. The number of hydrogen-bond donors (Lipinski definition) is 1. The molecule has 0 atom stereocenters. The number of hydrogen-bond acceptors (Lipinski definition) is 7. The first-order valence-electron chi connectivity index (χ1n) is 7.48. The van der Waals surface area contributed by atoms with Crippen molar-refractivity contribution < 1.29 is 18.4 Å². The van der Waals surface area contributed by atoms with E-state index < -0.39 is 14.8 Å². The van der Waals surface area contributed by atoms with Crippen LogP contribution >= 0.6 is 11.6 Å². The van der Waals surface area contributed by atoms with E-state index in [1.807, 2.05) is 0 Å². The summed E-state index contributed by atoms with van der Waals surface area (Å²) in [5, 5.41) is 30.3. The van der Waals surface area contributed by atoms with E-state index in [4.69, 9.17) is 11.6 Å². The van der Waals surface area contributed by atoms with Crippen LogP contribution in [0.1, 0.15) is 0 Å². The lowest BCUT2D eigenvalue weighted by molar-refractivity contribution is -0.385. The van der Waals surface area contributed by atoms with Crippen LogP contribution in [-0.2, 0) is 9.84 Å². The molecule has 0 aliphatic carbocycles. The molecule has 27 heavy (non-hydrogen) atoms. The van der Waals surface area contributed by atoms with Gasteiger partial charge in [0.2, 0.25) is 0 Å². The van der Waals surface area contributed by atoms with Crippen LogP contribution in [0.15, 0.2) is 63.7 Å². The number of phenols is 1. The van der Waals surface area contributed by atoms with Gasteiger partial charge in [-0.05, 0) is 36.4 Å². The Morgan fingerprint density at radius 2 is 1.67 bits per heavy atom. The zero-order valence-corrected chi connectivity index (χ0v) is 15.4. The van der Waals surface area contributed by atoms with Crippen molar-refractivity contribution in [3.8, 4) is 5.75 Å². The maximum Gasteiger partial charge on any atom is 0.270 e. The molecular formula is C17H12ClN3O5S. The van der Waals surface area contributed by atoms with Crippen molar-refractivity contribution >= 4 is 49.3 Å². The highest BCUT2D eigenvalue weighted by atomic mass is 35.5. The van der Waals surface area contributed by atoms with Crippen LogP contribution < -0.4 is 0 Å². The van der Waals surface area contributed by atoms with Gasteiger partial charge < -0.3 is 5.11 Å². The van der Waals surface area contributed by atoms with E-state index >= 15 is 0 Å². The molecule has 0 fully saturated rings. The quantitative estimate of drug-likeness (QED) is 0.374. The average molecular weight is 406 g/mol. The standard InChI is InChI=1S/C17H12ClN3O5S/c1-27(25,26)17-9-11(21(23)24)3-5-15(17)20-19-14-6-7-16(22)12-4-2-10(18)8-13(12)14/h2-9,22H,1H3. The van der Waals surface area contributed by atoms with Crippen molar-refractivity contribution in [3.05, 3.63) is 63.7 Å². The summed E-state index contributed by atoms with van der Waals surface area (Å²) in [5.41, 5.74) is -0.0503. The molecule has 1 N–H and O–H groups in total. The highest BCUT2D eigenvalue weighted by molar-refractivity contribution is 7.90. The molecule has 3 rings (SSSR count). The molecule has 0 bridgehead atoms. The third kappa shape index (κ3) is 3.88. The highest BCUT2D eigenvalue weighted by Gasteiger charge is 2.18. The SMILES string of the molecule is CS(=O)(=O)c1cc([N+](=O)[O-])ccc1N=Nc1ccc(O)c2ccc(Cl)cc12. The Hall–Kier alpha value is -3.04. The predicted molar refractivity (Wildman–Crippen MR) is 101 cm³/mol. The summed E-state index contributed by atoms with van der Waals surface area (Å²) in [4.78, 5) is 9.91. The molecule has 0 unspecified atom stereocenters. The third-order valence-corrected chi connectivity index (χ3v) is 5.11. The number of non-ortho nitro benzene ring substituents is 1. The van der Waals surface area contributed by atoms with E-state index in [1.54, 1.807) is 18.2 Å². The van der Waals surface area contributed by atoms with Crippen LogP contribution in [0.25, 0.3) is 10.8 Å². The summed E-state index contributed by atoms with van der Waals surface area (Å²) >= 11 is 6.00. The first kappa shape index (κ1) is 18.7. The lowest BCUT2D eigenvalue weighted by atomic mass is 10.1. The van der Waals surface area contributed by atoms with Crippen LogP contribution in [-0.4, -0.2) is 24.7 Å². The normalized spacial score (nSPS) is 11.9. The number of aromatic hydroxyl groups is 1. The maximum absolute atomic E-state index is 12.0. The third-order valence-electron chi connectivity index (χ3n) is 3.75. The topological polar surface area (TPSA) is 122 Å². The Kier molecular flexibility index (Phi) is 4.81. The van der Waals surface area contributed by atoms with Crippen LogP contribution in [0.4, 0.5) is 17.1 Å². The van der Waals surface area contributed by atoms with Gasteiger partial charge in [0.1, 0.15) is 16.3 Å². The molecule has 3 aromatic rings. The van der Waals surface area contributed by atoms with Crippen molar-refractivity contribution in [2.75, 3.05) is 6.26 Å². The fourth-order valence-electron chi connectivity index (χ4n) is 2.48. The number of azo groups is 1. The van der Waals surface area contributed by atoms with Gasteiger partial charge in [0.15, 0.2) is 9.84 Å². The van der Waals surface area contributed by atoms with Crippen molar-refractivity contribution in [3.63, 3.8) is 0 Å². The van der Waals surface area contributed by atoms with Gasteiger partial charge in [0.05, 0.1) is 10.6 Å². The summed E-state index contributed by atoms with van der Waals surface area (Å²) in [6, 6.07) is 11.1. The predicted octanol–water partition coefficient (Wildman–Crippen LogP) is 4.93. The number of phenolic OH excluding ortho intramolecular Hbond substituents is 1. The molecule has 10 heteroatoms. The van der Waals surface area contributed by atoms with Crippen LogP contribution in [0, 0.1) is 10.1 Å². The smallest absolute Gasteiger partial charge is 0.270 e. The molecule has 0 aliphatic rings. The number of sulfone groups is 1. The summed E-state index contributed by atoms with van der Waals surface area (Å²) in [6.07, 6.45) is 0.931. The number of halogens is 1. The van der Waals surface area contributed by atoms with Gasteiger partial charge in [-0.3, -0.25) is 10.1 Å². The van der Waals surface area contributed by atoms with E-state index in [1.165, 1.54) is 18.2 Å². The Morgan fingerprint density at radius 3 is 2.33 bits per heavy atom. The van der Waals surface area contributed by atoms with Gasteiger partial charge in [0, 0.05) is 34.2 Å². The largest absolute Gasteiger partial charge is 0.507 e. The highest BCUT2D eigenvalue weighted by Crippen LogP contribution is 2.36. The number of rotatable bonds is 4. The molecule has 0 saturated heterocycles. The minimum Gasteiger partial charge on any atom is -0.507 e. The lowest BCUT2D eigenvalue weighted by Gasteiger charge is -2.05. The van der Waals surface area contributed by atoms with Crippen molar-refractivity contribution in [1.29, 1.82) is 0 Å². The second-order valence-electron chi connectivity index (χ2n) is 5.68. The molecule has 0 radical (unpaired) electrons. The van der Waals surface area contributed by atoms with E-state index in [0.29, 0.717) is 21.5 Å². The lowest BCUT2D eigenvalue weighted by Crippen LogP contribution is -1.99. The fraction of sp³-hybridized carbons (Fsp3) is 0.0588. The van der Waals surface area contributed by atoms with E-state index in [-0.39, 0.29) is 22.0 Å². The van der Waals surface area contributed by atoms with Crippen molar-refractivity contribution in [2.45, 2.75) is 4.90 Å². The molecule has 138 valence electrons. The molecule has 0 aromatic heterocycles. The second kappa shape index (κ2) is 6.93. The minimum atomic E-state index is -3.77. The van der Waals surface area contributed by atoms with Gasteiger partial charge in [0.25, 0.3) is 5.69 Å². The Balaban J connectivity index is 2.15. The summed E-state index contributed by atoms with van der Waals surface area (Å²) in [5.74, 6) is 0.0350.